The van der Waals surface area contributed by atoms with Gasteiger partial charge in [-0.15, -0.1) is 0 Å². The van der Waals surface area contributed by atoms with Crippen molar-refractivity contribution in [1.82, 2.24) is 0 Å². The molecule has 0 radical (unpaired) electrons. The minimum atomic E-state index is 0.527. The van der Waals surface area contributed by atoms with Crippen LogP contribution >= 0.6 is 11.4 Å². The summed E-state index contributed by atoms with van der Waals surface area (Å²) in [6, 6.07) is 0. The predicted octanol–water partition coefficient (Wildman–Crippen LogP) is 5.10. The summed E-state index contributed by atoms with van der Waals surface area (Å²) in [5.41, 5.74) is 0. The Kier molecular flexibility index (Phi) is 12.3. The minimum absolute atomic E-state index is 0.527. The van der Waals surface area contributed by atoms with Crippen molar-refractivity contribution in [3.63, 3.8) is 0 Å². The minimum Gasteiger partial charge on any atom is -0.356 e. The maximum atomic E-state index is 9.62. The fourth-order valence-corrected chi connectivity index (χ4v) is 2.63. The Hall–Kier alpha value is -0.0800. The van der Waals surface area contributed by atoms with E-state index in [2.05, 4.69) is 26.8 Å². The summed E-state index contributed by atoms with van der Waals surface area (Å²) >= 11 is 1.08. The van der Waals surface area contributed by atoms with Crippen LogP contribution in [0.2, 0.25) is 0 Å². The van der Waals surface area contributed by atoms with Crippen LogP contribution in [0.3, 0.4) is 0 Å². The lowest BCUT2D eigenvalue weighted by atomic mass is 10.1. The van der Waals surface area contributed by atoms with Crippen LogP contribution in [0.4, 0.5) is 0 Å². The molecule has 0 saturated carbocycles. The van der Waals surface area contributed by atoms with E-state index in [1.54, 1.807) is 0 Å². The van der Waals surface area contributed by atoms with Gasteiger partial charge >= 0.3 is 0 Å². The summed E-state index contributed by atoms with van der Waals surface area (Å²) in [5, 5.41) is 10.1. The van der Waals surface area contributed by atoms with Crippen LogP contribution < -0.4 is 0 Å². The fourth-order valence-electron chi connectivity index (χ4n) is 1.54. The molecule has 0 aliphatic heterocycles. The van der Waals surface area contributed by atoms with Crippen molar-refractivity contribution >= 4 is 16.4 Å². The SMILES string of the molecule is CCCCCCC/C=C/C(O)=[SH]\CCC(C)C. The molecule has 0 atom stereocenters. The number of unbranched alkanes of at least 4 members (excludes halogenated alkanes) is 5. The van der Waals surface area contributed by atoms with Gasteiger partial charge in [-0.05, 0) is 37.0 Å². The zero-order valence-corrected chi connectivity index (χ0v) is 12.7. The van der Waals surface area contributed by atoms with Gasteiger partial charge in [0.05, 0.1) is 5.05 Å². The van der Waals surface area contributed by atoms with Crippen LogP contribution in [0.15, 0.2) is 12.2 Å². The zero-order valence-electron chi connectivity index (χ0n) is 11.8. The normalized spacial score (nSPS) is 13.4. The van der Waals surface area contributed by atoms with E-state index in [1.807, 2.05) is 6.08 Å². The number of aliphatic hydroxyl groups excluding tert-OH is 1. The van der Waals surface area contributed by atoms with Crippen LogP contribution in [-0.4, -0.2) is 15.9 Å². The Morgan fingerprint density at radius 2 is 1.88 bits per heavy atom. The van der Waals surface area contributed by atoms with E-state index >= 15 is 0 Å². The summed E-state index contributed by atoms with van der Waals surface area (Å²) in [4.78, 5) is 0. The number of rotatable bonds is 10. The highest BCUT2D eigenvalue weighted by molar-refractivity contribution is 7.98. The van der Waals surface area contributed by atoms with Gasteiger partial charge < -0.3 is 5.11 Å². The first-order valence-corrected chi connectivity index (χ1v) is 8.14. The molecule has 0 rings (SSSR count). The summed E-state index contributed by atoms with van der Waals surface area (Å²) in [5.74, 6) is 1.81. The van der Waals surface area contributed by atoms with Gasteiger partial charge in [-0.3, -0.25) is 0 Å². The Morgan fingerprint density at radius 3 is 2.53 bits per heavy atom. The predicted molar refractivity (Wildman–Crippen MR) is 83.5 cm³/mol. The Labute approximate surface area is 111 Å². The van der Waals surface area contributed by atoms with Gasteiger partial charge in [-0.25, -0.2) is 0 Å². The van der Waals surface area contributed by atoms with Crippen molar-refractivity contribution in [3.05, 3.63) is 12.2 Å². The molecule has 0 unspecified atom stereocenters. The van der Waals surface area contributed by atoms with Crippen LogP contribution in [0, 0.1) is 5.92 Å². The first-order chi connectivity index (χ1) is 8.16. The molecule has 0 heterocycles. The molecule has 0 aromatic carbocycles. The average molecular weight is 258 g/mol. The van der Waals surface area contributed by atoms with E-state index < -0.39 is 0 Å². The van der Waals surface area contributed by atoms with Crippen molar-refractivity contribution in [1.29, 1.82) is 0 Å². The Balaban J connectivity index is 3.48. The Morgan fingerprint density at radius 1 is 1.18 bits per heavy atom. The molecule has 0 aromatic heterocycles. The smallest absolute Gasteiger partial charge is 0.0924 e. The van der Waals surface area contributed by atoms with Crippen LogP contribution in [-0.2, 0) is 0 Å². The summed E-state index contributed by atoms with van der Waals surface area (Å²) in [7, 11) is 0. The van der Waals surface area contributed by atoms with Crippen LogP contribution in [0.5, 0.6) is 0 Å². The number of aliphatic hydroxyl groups is 1. The van der Waals surface area contributed by atoms with Gasteiger partial charge in [0.25, 0.3) is 0 Å². The summed E-state index contributed by atoms with van der Waals surface area (Å²) < 4.78 is 0. The number of hydrogen-bond acceptors (Lipinski definition) is 0. The molecule has 0 amide bonds. The van der Waals surface area contributed by atoms with E-state index in [1.165, 1.54) is 38.5 Å². The molecule has 0 bridgehead atoms. The van der Waals surface area contributed by atoms with E-state index in [0.717, 1.165) is 29.4 Å². The molecular weight excluding hydrogens is 228 g/mol. The van der Waals surface area contributed by atoms with E-state index in [4.69, 9.17) is 0 Å². The molecule has 1 nitrogen and oxygen atoms in total. The monoisotopic (exact) mass is 258 g/mol. The van der Waals surface area contributed by atoms with Gasteiger partial charge in [0.2, 0.25) is 0 Å². The van der Waals surface area contributed by atoms with Gasteiger partial charge in [-0.1, -0.05) is 52.5 Å². The number of thiol groups is 1. The van der Waals surface area contributed by atoms with E-state index in [-0.39, 0.29) is 0 Å². The summed E-state index contributed by atoms with van der Waals surface area (Å²) in [6.07, 6.45) is 12.9. The quantitative estimate of drug-likeness (QED) is 0.242. The lowest BCUT2D eigenvalue weighted by molar-refractivity contribution is 0.572. The second-order valence-electron chi connectivity index (χ2n) is 5.03. The van der Waals surface area contributed by atoms with Crippen molar-refractivity contribution in [2.75, 3.05) is 5.75 Å². The number of allylic oxidation sites excluding steroid dienone is 1. The lowest BCUT2D eigenvalue weighted by Crippen LogP contribution is -1.91. The molecule has 0 aliphatic rings. The van der Waals surface area contributed by atoms with E-state index in [0.29, 0.717) is 5.05 Å². The van der Waals surface area contributed by atoms with Gasteiger partial charge in [-0.2, -0.15) is 11.4 Å². The molecule has 0 aromatic rings. The highest BCUT2D eigenvalue weighted by atomic mass is 32.1. The summed E-state index contributed by atoms with van der Waals surface area (Å²) in [6.45, 7) is 6.68. The molecule has 0 saturated heterocycles. The highest BCUT2D eigenvalue weighted by Crippen LogP contribution is 2.06. The first kappa shape index (κ1) is 16.9. The third kappa shape index (κ3) is 13.9. The average Bonchev–Trinajstić information content (AvgIpc) is 2.27. The zero-order chi connectivity index (χ0) is 12.9. The maximum absolute atomic E-state index is 9.62. The van der Waals surface area contributed by atoms with Crippen molar-refractivity contribution in [3.8, 4) is 0 Å². The maximum Gasteiger partial charge on any atom is 0.0924 e. The second-order valence-corrected chi connectivity index (χ2v) is 6.25. The van der Waals surface area contributed by atoms with Crippen molar-refractivity contribution in [2.45, 2.75) is 65.7 Å². The molecule has 0 aliphatic carbocycles. The van der Waals surface area contributed by atoms with E-state index in [9.17, 15) is 5.11 Å². The largest absolute Gasteiger partial charge is 0.356 e. The fraction of sp³-hybridized carbons (Fsp3) is 0.800. The third-order valence-electron chi connectivity index (χ3n) is 2.72. The second kappa shape index (κ2) is 12.4. The standard InChI is InChI=1S/C15H30OS/c1-4-5-6-7-8-9-10-11-15(16)17-13-12-14(2)3/h10-11,14,16-17H,4-9,12-13H2,1-3H3/b11-10+. The van der Waals surface area contributed by atoms with Crippen LogP contribution in [0.1, 0.15) is 65.7 Å². The third-order valence-corrected chi connectivity index (χ3v) is 3.68. The molecule has 0 fully saturated rings. The van der Waals surface area contributed by atoms with Crippen molar-refractivity contribution in [2.24, 2.45) is 5.92 Å². The first-order valence-electron chi connectivity index (χ1n) is 7.06. The lowest BCUT2D eigenvalue weighted by Gasteiger charge is -2.00. The van der Waals surface area contributed by atoms with Gasteiger partial charge in [0, 0.05) is 0 Å². The van der Waals surface area contributed by atoms with Crippen molar-refractivity contribution < 1.29 is 5.11 Å². The van der Waals surface area contributed by atoms with Crippen LogP contribution in [0.25, 0.3) is 0 Å². The highest BCUT2D eigenvalue weighted by Gasteiger charge is 1.91. The molecule has 1 N–H and O–H groups in total. The Bertz CT molecular complexity index is 219. The number of hydrogen-bond donors (Lipinski definition) is 2. The van der Waals surface area contributed by atoms with Gasteiger partial charge in [0.1, 0.15) is 0 Å². The molecular formula is C15H30OS. The molecule has 17 heavy (non-hydrogen) atoms. The molecule has 2 heteroatoms. The topological polar surface area (TPSA) is 20.2 Å². The molecule has 0 spiro atoms. The molecule has 102 valence electrons. The van der Waals surface area contributed by atoms with Gasteiger partial charge in [0.15, 0.2) is 0 Å².